The highest BCUT2D eigenvalue weighted by molar-refractivity contribution is 7.91. The van der Waals surface area contributed by atoms with Crippen molar-refractivity contribution in [2.24, 2.45) is 0 Å². The molecule has 0 aliphatic heterocycles. The Hall–Kier alpha value is -0.440. The molecule has 0 saturated heterocycles. The summed E-state index contributed by atoms with van der Waals surface area (Å²) in [6, 6.07) is 1.29. The lowest BCUT2D eigenvalue weighted by atomic mass is 10.4. The van der Waals surface area contributed by atoms with Crippen LogP contribution in [0.25, 0.3) is 0 Å². The molecule has 5 nitrogen and oxygen atoms in total. The van der Waals surface area contributed by atoms with Crippen molar-refractivity contribution in [3.05, 3.63) is 11.4 Å². The predicted octanol–water partition coefficient (Wildman–Crippen LogP) is 1.14. The molecule has 0 aliphatic carbocycles. The number of ether oxygens (including phenoxy) is 1. The summed E-state index contributed by atoms with van der Waals surface area (Å²) in [5.74, 6) is 0.653. The molecule has 0 unspecified atom stereocenters. The molecule has 2 atom stereocenters. The van der Waals surface area contributed by atoms with E-state index in [1.807, 2.05) is 0 Å². The van der Waals surface area contributed by atoms with Crippen LogP contribution in [-0.2, 0) is 20.8 Å². The van der Waals surface area contributed by atoms with E-state index in [0.29, 0.717) is 11.5 Å². The second kappa shape index (κ2) is 6.14. The lowest BCUT2D eigenvalue weighted by Gasteiger charge is -2.23. The summed E-state index contributed by atoms with van der Waals surface area (Å²) >= 11 is 1.12. The van der Waals surface area contributed by atoms with Crippen molar-refractivity contribution in [2.75, 3.05) is 26.2 Å². The molecule has 0 spiro atoms. The lowest BCUT2D eigenvalue weighted by molar-refractivity contribution is 0.393. The zero-order valence-corrected chi connectivity index (χ0v) is 13.2. The number of sulfonamides is 1. The van der Waals surface area contributed by atoms with Gasteiger partial charge in [0.1, 0.15) is 5.75 Å². The summed E-state index contributed by atoms with van der Waals surface area (Å²) in [5.41, 5.74) is 0. The zero-order chi connectivity index (χ0) is 13.9. The third-order valence-electron chi connectivity index (χ3n) is 2.53. The minimum atomic E-state index is -3.59. The highest BCUT2D eigenvalue weighted by atomic mass is 32.2. The SMILES string of the molecule is COc1ccsc1S(=O)(=O)N(C)[C@H](C)C[S@@](C)=O. The van der Waals surface area contributed by atoms with Crippen LogP contribution < -0.4 is 4.74 Å². The lowest BCUT2D eigenvalue weighted by Crippen LogP contribution is -2.38. The van der Waals surface area contributed by atoms with Gasteiger partial charge >= 0.3 is 0 Å². The highest BCUT2D eigenvalue weighted by Gasteiger charge is 2.29. The fourth-order valence-corrected chi connectivity index (χ4v) is 5.24. The molecule has 0 radical (unpaired) electrons. The Morgan fingerprint density at radius 2 is 2.17 bits per heavy atom. The average Bonchev–Trinajstić information content (AvgIpc) is 2.75. The van der Waals surface area contributed by atoms with Crippen molar-refractivity contribution in [2.45, 2.75) is 17.2 Å². The van der Waals surface area contributed by atoms with Gasteiger partial charge in [-0.15, -0.1) is 11.3 Å². The van der Waals surface area contributed by atoms with E-state index in [2.05, 4.69) is 0 Å². The molecule has 0 fully saturated rings. The first-order chi connectivity index (χ1) is 8.30. The molecule has 0 amide bonds. The maximum absolute atomic E-state index is 12.4. The normalized spacial score (nSPS) is 15.6. The molecule has 0 bridgehead atoms. The summed E-state index contributed by atoms with van der Waals surface area (Å²) in [7, 11) is -1.70. The number of hydrogen-bond donors (Lipinski definition) is 0. The van der Waals surface area contributed by atoms with Crippen LogP contribution in [0.15, 0.2) is 15.7 Å². The Balaban J connectivity index is 3.03. The Bertz CT molecular complexity index is 523. The minimum absolute atomic E-state index is 0.182. The van der Waals surface area contributed by atoms with Crippen molar-refractivity contribution >= 4 is 32.2 Å². The smallest absolute Gasteiger partial charge is 0.256 e. The van der Waals surface area contributed by atoms with E-state index in [1.54, 1.807) is 24.6 Å². The molecule has 1 rings (SSSR count). The van der Waals surface area contributed by atoms with E-state index in [-0.39, 0.29) is 10.3 Å². The highest BCUT2D eigenvalue weighted by Crippen LogP contribution is 2.32. The van der Waals surface area contributed by atoms with Crippen molar-refractivity contribution in [3.63, 3.8) is 0 Å². The monoisotopic (exact) mass is 311 g/mol. The molecule has 8 heteroatoms. The molecule has 104 valence electrons. The predicted molar refractivity (Wildman–Crippen MR) is 74.2 cm³/mol. The number of thiophene rings is 1. The van der Waals surface area contributed by atoms with Crippen molar-refractivity contribution in [1.82, 2.24) is 4.31 Å². The number of hydrogen-bond acceptors (Lipinski definition) is 5. The Kier molecular flexibility index (Phi) is 5.32. The molecule has 1 aromatic rings. The zero-order valence-electron chi connectivity index (χ0n) is 10.7. The largest absolute Gasteiger partial charge is 0.494 e. The molecule has 0 N–H and O–H groups in total. The van der Waals surface area contributed by atoms with Crippen LogP contribution in [0.1, 0.15) is 6.92 Å². The fourth-order valence-electron chi connectivity index (χ4n) is 1.44. The van der Waals surface area contributed by atoms with E-state index in [0.717, 1.165) is 11.3 Å². The first-order valence-electron chi connectivity index (χ1n) is 5.20. The Labute approximate surface area is 114 Å². The van der Waals surface area contributed by atoms with Gasteiger partial charge in [-0.25, -0.2) is 8.42 Å². The molecule has 0 saturated carbocycles. The van der Waals surface area contributed by atoms with E-state index >= 15 is 0 Å². The van der Waals surface area contributed by atoms with E-state index in [4.69, 9.17) is 4.74 Å². The van der Waals surface area contributed by atoms with E-state index in [9.17, 15) is 12.6 Å². The van der Waals surface area contributed by atoms with Gasteiger partial charge in [0.2, 0.25) is 0 Å². The van der Waals surface area contributed by atoms with Crippen LogP contribution in [0.2, 0.25) is 0 Å². The fraction of sp³-hybridized carbons (Fsp3) is 0.600. The summed E-state index contributed by atoms with van der Waals surface area (Å²) in [6.45, 7) is 1.74. The van der Waals surface area contributed by atoms with Gasteiger partial charge in [-0.2, -0.15) is 4.31 Å². The molecular weight excluding hydrogens is 294 g/mol. The number of methoxy groups -OCH3 is 1. The molecule has 0 aliphatic rings. The molecule has 1 heterocycles. The summed E-state index contributed by atoms with van der Waals surface area (Å²) in [6.07, 6.45) is 1.56. The van der Waals surface area contributed by atoms with Crippen LogP contribution in [-0.4, -0.2) is 49.1 Å². The van der Waals surface area contributed by atoms with Crippen LogP contribution in [0, 0.1) is 0 Å². The van der Waals surface area contributed by atoms with Crippen molar-refractivity contribution in [3.8, 4) is 5.75 Å². The second-order valence-corrected chi connectivity index (χ2v) is 8.48. The topological polar surface area (TPSA) is 63.7 Å². The maximum Gasteiger partial charge on any atom is 0.256 e. The van der Waals surface area contributed by atoms with Crippen molar-refractivity contribution in [1.29, 1.82) is 0 Å². The van der Waals surface area contributed by atoms with E-state index in [1.165, 1.54) is 18.5 Å². The van der Waals surface area contributed by atoms with Gasteiger partial charge in [-0.3, -0.25) is 4.21 Å². The van der Waals surface area contributed by atoms with Gasteiger partial charge in [0, 0.05) is 35.9 Å². The second-order valence-electron chi connectivity index (χ2n) is 3.89. The quantitative estimate of drug-likeness (QED) is 0.790. The van der Waals surface area contributed by atoms with Crippen LogP contribution >= 0.6 is 11.3 Å². The molecule has 1 aromatic heterocycles. The van der Waals surface area contributed by atoms with Crippen LogP contribution in [0.3, 0.4) is 0 Å². The number of rotatable bonds is 6. The third kappa shape index (κ3) is 3.31. The van der Waals surface area contributed by atoms with Crippen LogP contribution in [0.5, 0.6) is 5.75 Å². The summed E-state index contributed by atoms with van der Waals surface area (Å²) < 4.78 is 42.3. The summed E-state index contributed by atoms with van der Waals surface area (Å²) in [5, 5.41) is 1.67. The minimum Gasteiger partial charge on any atom is -0.494 e. The Morgan fingerprint density at radius 1 is 1.56 bits per heavy atom. The first kappa shape index (κ1) is 15.6. The van der Waals surface area contributed by atoms with Gasteiger partial charge in [-0.05, 0) is 18.4 Å². The van der Waals surface area contributed by atoms with Crippen molar-refractivity contribution < 1.29 is 17.4 Å². The van der Waals surface area contributed by atoms with Gasteiger partial charge in [0.05, 0.1) is 7.11 Å². The maximum atomic E-state index is 12.4. The van der Waals surface area contributed by atoms with Gasteiger partial charge in [0.25, 0.3) is 10.0 Å². The third-order valence-corrected chi connectivity index (χ3v) is 6.87. The average molecular weight is 311 g/mol. The standard InChI is InChI=1S/C10H17NO4S3/c1-8(7-17(4)12)11(2)18(13,14)10-9(15-3)5-6-16-10/h5-6,8H,7H2,1-4H3/t8-,17-/m1/s1. The Morgan fingerprint density at radius 3 is 2.67 bits per heavy atom. The molecule has 0 aromatic carbocycles. The van der Waals surface area contributed by atoms with Gasteiger partial charge < -0.3 is 4.74 Å². The van der Waals surface area contributed by atoms with Gasteiger partial charge in [0.15, 0.2) is 4.21 Å². The van der Waals surface area contributed by atoms with Gasteiger partial charge in [-0.1, -0.05) is 0 Å². The van der Waals surface area contributed by atoms with Crippen LogP contribution in [0.4, 0.5) is 0 Å². The summed E-state index contributed by atoms with van der Waals surface area (Å²) in [4.78, 5) is 0. The molecular formula is C10H17NO4S3. The van der Waals surface area contributed by atoms with E-state index < -0.39 is 20.8 Å². The first-order valence-corrected chi connectivity index (χ1v) is 9.25. The molecule has 18 heavy (non-hydrogen) atoms. The number of nitrogens with zero attached hydrogens (tertiary/aromatic N) is 1.